The first-order chi connectivity index (χ1) is 19.6. The highest BCUT2D eigenvalue weighted by molar-refractivity contribution is 5.94. The Morgan fingerprint density at radius 3 is 2.17 bits per heavy atom. The monoisotopic (exact) mass is 571 g/mol. The first-order valence-electron chi connectivity index (χ1n) is 13.8. The standard InChI is InChI=1S/C32H36F3NO5/c1-3-4-5-6-7-8-29(24-9-11-25(12-10-24)31(39)36-20-19-30(37)38)40-27-17-18-28(22(2)21-27)23-13-15-26(16-14-23)41-32(33,34)35/h9-18,21,29H,3-8,19-20H2,1-2H3,(H,36,39)(H,37,38). The van der Waals surface area contributed by atoms with Gasteiger partial charge in [-0.05, 0) is 78.4 Å². The van der Waals surface area contributed by atoms with E-state index < -0.39 is 12.3 Å². The molecular formula is C32H36F3NO5. The molecule has 6 nitrogen and oxygen atoms in total. The molecule has 1 amide bonds. The Balaban J connectivity index is 1.73. The zero-order valence-corrected chi connectivity index (χ0v) is 23.3. The number of unbranched alkanes of at least 4 members (excludes halogenated alkanes) is 4. The molecule has 0 aliphatic rings. The summed E-state index contributed by atoms with van der Waals surface area (Å²) in [5.41, 5.74) is 3.89. The first kappa shape index (κ1) is 31.5. The van der Waals surface area contributed by atoms with E-state index in [9.17, 15) is 22.8 Å². The molecule has 2 N–H and O–H groups in total. The third kappa shape index (κ3) is 10.5. The summed E-state index contributed by atoms with van der Waals surface area (Å²) < 4.78 is 47.9. The molecule has 3 rings (SSSR count). The number of carboxylic acids is 1. The molecular weight excluding hydrogens is 535 g/mol. The van der Waals surface area contributed by atoms with E-state index in [4.69, 9.17) is 9.84 Å². The Kier molecular flexibility index (Phi) is 11.6. The molecule has 0 saturated heterocycles. The first-order valence-corrected chi connectivity index (χ1v) is 13.8. The van der Waals surface area contributed by atoms with Gasteiger partial charge in [0.15, 0.2) is 0 Å². The SMILES string of the molecule is CCCCCCCC(Oc1ccc(-c2ccc(OC(F)(F)F)cc2)c(C)c1)c1ccc(C(=O)NCCC(=O)O)cc1. The second-order valence-corrected chi connectivity index (χ2v) is 9.88. The van der Waals surface area contributed by atoms with Crippen molar-refractivity contribution in [3.63, 3.8) is 0 Å². The second kappa shape index (κ2) is 15.1. The highest BCUT2D eigenvalue weighted by Gasteiger charge is 2.31. The van der Waals surface area contributed by atoms with Gasteiger partial charge in [0.05, 0.1) is 6.42 Å². The van der Waals surface area contributed by atoms with Gasteiger partial charge in [-0.3, -0.25) is 9.59 Å². The molecule has 41 heavy (non-hydrogen) atoms. The average molecular weight is 572 g/mol. The van der Waals surface area contributed by atoms with Gasteiger partial charge < -0.3 is 19.9 Å². The van der Waals surface area contributed by atoms with Gasteiger partial charge in [0, 0.05) is 12.1 Å². The summed E-state index contributed by atoms with van der Waals surface area (Å²) in [6, 6.07) is 18.5. The minimum atomic E-state index is -4.74. The van der Waals surface area contributed by atoms with E-state index in [0.717, 1.165) is 54.4 Å². The number of halogens is 3. The third-order valence-electron chi connectivity index (χ3n) is 6.61. The predicted molar refractivity (Wildman–Crippen MR) is 151 cm³/mol. The fraction of sp³-hybridized carbons (Fsp3) is 0.375. The smallest absolute Gasteiger partial charge is 0.486 e. The Bertz CT molecular complexity index is 1270. The maximum absolute atomic E-state index is 12.5. The number of benzene rings is 3. The number of hydrogen-bond acceptors (Lipinski definition) is 4. The van der Waals surface area contributed by atoms with E-state index in [1.54, 1.807) is 24.3 Å². The molecule has 0 aliphatic heterocycles. The van der Waals surface area contributed by atoms with Crippen molar-refractivity contribution >= 4 is 11.9 Å². The second-order valence-electron chi connectivity index (χ2n) is 9.88. The lowest BCUT2D eigenvalue weighted by Gasteiger charge is -2.21. The lowest BCUT2D eigenvalue weighted by molar-refractivity contribution is -0.274. The summed E-state index contributed by atoms with van der Waals surface area (Å²) in [5.74, 6) is -0.919. The highest BCUT2D eigenvalue weighted by atomic mass is 19.4. The third-order valence-corrected chi connectivity index (χ3v) is 6.61. The summed E-state index contributed by atoms with van der Waals surface area (Å²) in [5, 5.41) is 11.4. The summed E-state index contributed by atoms with van der Waals surface area (Å²) >= 11 is 0. The summed E-state index contributed by atoms with van der Waals surface area (Å²) in [6.07, 6.45) is 1.21. The van der Waals surface area contributed by atoms with E-state index in [2.05, 4.69) is 17.0 Å². The Labute approximate surface area is 238 Å². The number of carbonyl (C=O) groups excluding carboxylic acids is 1. The quantitative estimate of drug-likeness (QED) is 0.180. The number of aryl methyl sites for hydroxylation is 1. The Hall–Kier alpha value is -4.01. The van der Waals surface area contributed by atoms with Crippen molar-refractivity contribution in [1.29, 1.82) is 0 Å². The van der Waals surface area contributed by atoms with Gasteiger partial charge in [0.1, 0.15) is 17.6 Å². The van der Waals surface area contributed by atoms with Crippen molar-refractivity contribution in [2.45, 2.75) is 71.3 Å². The topological polar surface area (TPSA) is 84.9 Å². The van der Waals surface area contributed by atoms with Crippen molar-refractivity contribution < 1.29 is 37.3 Å². The number of hydrogen-bond donors (Lipinski definition) is 2. The van der Waals surface area contributed by atoms with Crippen molar-refractivity contribution in [3.05, 3.63) is 83.4 Å². The van der Waals surface area contributed by atoms with Crippen LogP contribution in [0, 0.1) is 6.92 Å². The van der Waals surface area contributed by atoms with Crippen molar-refractivity contribution in [3.8, 4) is 22.6 Å². The Morgan fingerprint density at radius 1 is 0.902 bits per heavy atom. The molecule has 1 atom stereocenters. The van der Waals surface area contributed by atoms with Gasteiger partial charge in [-0.25, -0.2) is 0 Å². The van der Waals surface area contributed by atoms with E-state index in [1.165, 1.54) is 18.6 Å². The van der Waals surface area contributed by atoms with Crippen LogP contribution in [0.1, 0.15) is 79.5 Å². The number of rotatable bonds is 15. The van der Waals surface area contributed by atoms with Crippen LogP contribution in [0.15, 0.2) is 66.7 Å². The van der Waals surface area contributed by atoms with Crippen LogP contribution in [-0.2, 0) is 4.79 Å². The fourth-order valence-corrected chi connectivity index (χ4v) is 4.49. The van der Waals surface area contributed by atoms with Crippen LogP contribution in [0.2, 0.25) is 0 Å². The number of nitrogens with one attached hydrogen (secondary N) is 1. The predicted octanol–water partition coefficient (Wildman–Crippen LogP) is 8.25. The molecule has 9 heteroatoms. The van der Waals surface area contributed by atoms with E-state index >= 15 is 0 Å². The van der Waals surface area contributed by atoms with Crippen LogP contribution in [0.3, 0.4) is 0 Å². The van der Waals surface area contributed by atoms with Gasteiger partial charge in [0.25, 0.3) is 5.91 Å². The minimum absolute atomic E-state index is 0.0558. The molecule has 0 saturated carbocycles. The average Bonchev–Trinajstić information content (AvgIpc) is 2.92. The van der Waals surface area contributed by atoms with Crippen molar-refractivity contribution in [1.82, 2.24) is 5.32 Å². The maximum atomic E-state index is 12.5. The molecule has 0 fully saturated rings. The summed E-state index contributed by atoms with van der Waals surface area (Å²) in [7, 11) is 0. The molecule has 0 aromatic heterocycles. The summed E-state index contributed by atoms with van der Waals surface area (Å²) in [4.78, 5) is 23.0. The number of amides is 1. The summed E-state index contributed by atoms with van der Waals surface area (Å²) in [6.45, 7) is 4.14. The van der Waals surface area contributed by atoms with Gasteiger partial charge in [-0.15, -0.1) is 13.2 Å². The fourth-order valence-electron chi connectivity index (χ4n) is 4.49. The number of carboxylic acid groups (broad SMARTS) is 1. The van der Waals surface area contributed by atoms with Gasteiger partial charge in [0.2, 0.25) is 0 Å². The molecule has 0 spiro atoms. The normalized spacial score (nSPS) is 12.0. The number of alkyl halides is 3. The van der Waals surface area contributed by atoms with E-state index in [1.807, 2.05) is 37.3 Å². The minimum Gasteiger partial charge on any atom is -0.486 e. The van der Waals surface area contributed by atoms with Gasteiger partial charge in [-0.2, -0.15) is 0 Å². The molecule has 0 aliphatic carbocycles. The lowest BCUT2D eigenvalue weighted by Crippen LogP contribution is -2.26. The maximum Gasteiger partial charge on any atom is 0.573 e. The molecule has 0 bridgehead atoms. The van der Waals surface area contributed by atoms with Crippen molar-refractivity contribution in [2.24, 2.45) is 0 Å². The molecule has 220 valence electrons. The number of aliphatic carboxylic acids is 1. The van der Waals surface area contributed by atoms with E-state index in [0.29, 0.717) is 11.3 Å². The van der Waals surface area contributed by atoms with Crippen LogP contribution in [-0.4, -0.2) is 29.9 Å². The largest absolute Gasteiger partial charge is 0.573 e. The number of ether oxygens (including phenoxy) is 2. The van der Waals surface area contributed by atoms with Crippen LogP contribution in [0.4, 0.5) is 13.2 Å². The van der Waals surface area contributed by atoms with E-state index in [-0.39, 0.29) is 30.7 Å². The molecule has 3 aromatic rings. The number of carbonyl (C=O) groups is 2. The highest BCUT2D eigenvalue weighted by Crippen LogP contribution is 2.33. The molecule has 0 radical (unpaired) electrons. The van der Waals surface area contributed by atoms with Crippen LogP contribution in [0.5, 0.6) is 11.5 Å². The van der Waals surface area contributed by atoms with Crippen molar-refractivity contribution in [2.75, 3.05) is 6.54 Å². The molecule has 0 heterocycles. The van der Waals surface area contributed by atoms with Gasteiger partial charge in [-0.1, -0.05) is 62.9 Å². The van der Waals surface area contributed by atoms with Gasteiger partial charge >= 0.3 is 12.3 Å². The van der Waals surface area contributed by atoms with Crippen LogP contribution < -0.4 is 14.8 Å². The van der Waals surface area contributed by atoms with Crippen LogP contribution in [0.25, 0.3) is 11.1 Å². The zero-order valence-electron chi connectivity index (χ0n) is 23.3. The molecule has 3 aromatic carbocycles. The zero-order chi connectivity index (χ0) is 29.8. The molecule has 1 unspecified atom stereocenters. The lowest BCUT2D eigenvalue weighted by atomic mass is 9.99. The Morgan fingerprint density at radius 2 is 1.56 bits per heavy atom. The van der Waals surface area contributed by atoms with Crippen LogP contribution >= 0.6 is 0 Å².